The highest BCUT2D eigenvalue weighted by molar-refractivity contribution is 7.90. The van der Waals surface area contributed by atoms with Crippen molar-refractivity contribution in [3.05, 3.63) is 29.8 Å². The van der Waals surface area contributed by atoms with E-state index in [9.17, 15) is 8.42 Å². The first-order valence-electron chi connectivity index (χ1n) is 5.52. The Morgan fingerprint density at radius 1 is 1.39 bits per heavy atom. The van der Waals surface area contributed by atoms with Gasteiger partial charge in [-0.15, -0.1) is 0 Å². The van der Waals surface area contributed by atoms with Crippen LogP contribution in [0.3, 0.4) is 0 Å². The standard InChI is InChI=1S/C11H17N3O2S2/c1-3-8-13-18(15,16)14(2)10-6-4-9(5-7-10)11(12)17/h4-7,13H,3,8H2,1-2H3,(H2,12,17). The first-order chi connectivity index (χ1) is 8.38. The topological polar surface area (TPSA) is 75.4 Å². The Morgan fingerprint density at radius 2 is 1.94 bits per heavy atom. The summed E-state index contributed by atoms with van der Waals surface area (Å²) in [6.07, 6.45) is 0.744. The molecule has 3 N–H and O–H groups in total. The summed E-state index contributed by atoms with van der Waals surface area (Å²) in [4.78, 5) is 0.288. The molecule has 7 heteroatoms. The number of rotatable bonds is 6. The minimum absolute atomic E-state index is 0.288. The van der Waals surface area contributed by atoms with Gasteiger partial charge < -0.3 is 5.73 Å². The van der Waals surface area contributed by atoms with Crippen molar-refractivity contribution >= 4 is 33.1 Å². The second-order valence-electron chi connectivity index (χ2n) is 3.78. The molecule has 0 aliphatic carbocycles. The van der Waals surface area contributed by atoms with Crippen molar-refractivity contribution in [2.45, 2.75) is 13.3 Å². The van der Waals surface area contributed by atoms with Gasteiger partial charge in [0.2, 0.25) is 0 Å². The first-order valence-corrected chi connectivity index (χ1v) is 7.36. The van der Waals surface area contributed by atoms with Crippen LogP contribution in [0.2, 0.25) is 0 Å². The number of nitrogens with two attached hydrogens (primary N) is 1. The van der Waals surface area contributed by atoms with Gasteiger partial charge >= 0.3 is 10.2 Å². The Hall–Kier alpha value is -1.18. The van der Waals surface area contributed by atoms with E-state index in [4.69, 9.17) is 18.0 Å². The molecule has 1 rings (SSSR count). The SMILES string of the molecule is CCCNS(=O)(=O)N(C)c1ccc(C(N)=S)cc1. The molecular formula is C11H17N3O2S2. The van der Waals surface area contributed by atoms with Crippen LogP contribution in [0, 0.1) is 0 Å². The van der Waals surface area contributed by atoms with Gasteiger partial charge in [0.1, 0.15) is 4.99 Å². The Balaban J connectivity index is 2.90. The zero-order valence-electron chi connectivity index (χ0n) is 10.4. The van der Waals surface area contributed by atoms with Crippen molar-refractivity contribution in [3.63, 3.8) is 0 Å². The molecule has 5 nitrogen and oxygen atoms in total. The molecule has 100 valence electrons. The quantitative estimate of drug-likeness (QED) is 0.765. The fourth-order valence-corrected chi connectivity index (χ4v) is 2.49. The summed E-state index contributed by atoms with van der Waals surface area (Å²) in [6.45, 7) is 2.32. The molecule has 0 unspecified atom stereocenters. The molecule has 18 heavy (non-hydrogen) atoms. The molecule has 1 aromatic carbocycles. The molecule has 1 aromatic rings. The third-order valence-electron chi connectivity index (χ3n) is 2.41. The molecule has 0 amide bonds. The van der Waals surface area contributed by atoms with Gasteiger partial charge in [-0.05, 0) is 30.7 Å². The molecule has 0 saturated carbocycles. The zero-order valence-corrected chi connectivity index (χ0v) is 12.0. The molecule has 0 atom stereocenters. The van der Waals surface area contributed by atoms with Crippen molar-refractivity contribution in [3.8, 4) is 0 Å². The molecule has 0 fully saturated rings. The van der Waals surface area contributed by atoms with Crippen molar-refractivity contribution < 1.29 is 8.42 Å². The maximum Gasteiger partial charge on any atom is 0.301 e. The zero-order chi connectivity index (χ0) is 13.8. The number of nitrogens with one attached hydrogen (secondary N) is 1. The normalized spacial score (nSPS) is 11.2. The predicted molar refractivity (Wildman–Crippen MR) is 77.9 cm³/mol. The van der Waals surface area contributed by atoms with Crippen LogP contribution < -0.4 is 14.8 Å². The highest BCUT2D eigenvalue weighted by Crippen LogP contribution is 2.16. The molecule has 0 radical (unpaired) electrons. The number of hydrogen-bond donors (Lipinski definition) is 2. The van der Waals surface area contributed by atoms with E-state index >= 15 is 0 Å². The van der Waals surface area contributed by atoms with Gasteiger partial charge in [0.05, 0.1) is 5.69 Å². The number of benzene rings is 1. The predicted octanol–water partition coefficient (Wildman–Crippen LogP) is 1.00. The van der Waals surface area contributed by atoms with E-state index < -0.39 is 10.2 Å². The fraction of sp³-hybridized carbons (Fsp3) is 0.364. The van der Waals surface area contributed by atoms with E-state index in [1.165, 1.54) is 11.4 Å². The fourth-order valence-electron chi connectivity index (χ4n) is 1.30. The molecule has 0 aliphatic heterocycles. The minimum atomic E-state index is -3.49. The molecule has 0 aromatic heterocycles. The van der Waals surface area contributed by atoms with Gasteiger partial charge in [-0.3, -0.25) is 4.31 Å². The van der Waals surface area contributed by atoms with Gasteiger partial charge in [-0.25, -0.2) is 0 Å². The van der Waals surface area contributed by atoms with Crippen LogP contribution in [0.1, 0.15) is 18.9 Å². The molecular weight excluding hydrogens is 270 g/mol. The van der Waals surface area contributed by atoms with Gasteiger partial charge in [-0.2, -0.15) is 13.1 Å². The summed E-state index contributed by atoms with van der Waals surface area (Å²) in [7, 11) is -2.00. The van der Waals surface area contributed by atoms with Crippen molar-refractivity contribution in [2.75, 3.05) is 17.9 Å². The van der Waals surface area contributed by atoms with Gasteiger partial charge in [-0.1, -0.05) is 19.1 Å². The second-order valence-corrected chi connectivity index (χ2v) is 6.00. The van der Waals surface area contributed by atoms with Gasteiger partial charge in [0.15, 0.2) is 0 Å². The van der Waals surface area contributed by atoms with Crippen LogP contribution in [0.25, 0.3) is 0 Å². The highest BCUT2D eigenvalue weighted by Gasteiger charge is 2.16. The molecule has 0 aliphatic rings. The summed E-state index contributed by atoms with van der Waals surface area (Å²) in [5.41, 5.74) is 6.74. The van der Waals surface area contributed by atoms with Crippen LogP contribution in [-0.4, -0.2) is 27.0 Å². The van der Waals surface area contributed by atoms with Crippen molar-refractivity contribution in [1.29, 1.82) is 0 Å². The summed E-state index contributed by atoms with van der Waals surface area (Å²) >= 11 is 4.84. The average molecular weight is 287 g/mol. The largest absolute Gasteiger partial charge is 0.389 e. The number of nitrogens with zero attached hydrogens (tertiary/aromatic N) is 1. The first kappa shape index (κ1) is 14.9. The third kappa shape index (κ3) is 3.66. The Labute approximate surface area is 113 Å². The van der Waals surface area contributed by atoms with Crippen LogP contribution in [0.15, 0.2) is 24.3 Å². The lowest BCUT2D eigenvalue weighted by molar-refractivity contribution is 0.579. The maximum absolute atomic E-state index is 11.9. The van der Waals surface area contributed by atoms with Crippen LogP contribution in [-0.2, 0) is 10.2 Å². The van der Waals surface area contributed by atoms with Crippen molar-refractivity contribution in [2.24, 2.45) is 5.73 Å². The van der Waals surface area contributed by atoms with Crippen LogP contribution in [0.4, 0.5) is 5.69 Å². The lowest BCUT2D eigenvalue weighted by atomic mass is 10.2. The van der Waals surface area contributed by atoms with Gasteiger partial charge in [0.25, 0.3) is 0 Å². The average Bonchev–Trinajstić information content (AvgIpc) is 2.35. The second kappa shape index (κ2) is 6.12. The van der Waals surface area contributed by atoms with Crippen LogP contribution in [0.5, 0.6) is 0 Å². The summed E-state index contributed by atoms with van der Waals surface area (Å²) in [6, 6.07) is 6.73. The summed E-state index contributed by atoms with van der Waals surface area (Å²) < 4.78 is 27.4. The van der Waals surface area contributed by atoms with E-state index in [0.29, 0.717) is 17.8 Å². The van der Waals surface area contributed by atoms with E-state index in [2.05, 4.69) is 4.72 Å². The van der Waals surface area contributed by atoms with Gasteiger partial charge in [0, 0.05) is 19.2 Å². The van der Waals surface area contributed by atoms with E-state index in [-0.39, 0.29) is 4.99 Å². The molecule has 0 heterocycles. The molecule has 0 saturated heterocycles. The summed E-state index contributed by atoms with van der Waals surface area (Å²) in [5, 5.41) is 0. The van der Waals surface area contributed by atoms with Crippen LogP contribution >= 0.6 is 12.2 Å². The lowest BCUT2D eigenvalue weighted by Gasteiger charge is -2.19. The van der Waals surface area contributed by atoms with E-state index in [0.717, 1.165) is 6.42 Å². The Morgan fingerprint density at radius 3 is 2.39 bits per heavy atom. The number of hydrogen-bond acceptors (Lipinski definition) is 3. The number of anilines is 1. The Bertz CT molecular complexity index is 512. The lowest BCUT2D eigenvalue weighted by Crippen LogP contribution is -2.38. The monoisotopic (exact) mass is 287 g/mol. The van der Waals surface area contributed by atoms with E-state index in [1.54, 1.807) is 24.3 Å². The maximum atomic E-state index is 11.9. The highest BCUT2D eigenvalue weighted by atomic mass is 32.2. The minimum Gasteiger partial charge on any atom is -0.389 e. The third-order valence-corrected chi connectivity index (χ3v) is 4.15. The molecule has 0 bridgehead atoms. The summed E-state index contributed by atoms with van der Waals surface area (Å²) in [5.74, 6) is 0. The van der Waals surface area contributed by atoms with Crippen molar-refractivity contribution in [1.82, 2.24) is 4.72 Å². The Kier molecular flexibility index (Phi) is 5.06. The smallest absolute Gasteiger partial charge is 0.301 e. The number of thiocarbonyl (C=S) groups is 1. The molecule has 0 spiro atoms. The van der Waals surface area contributed by atoms with E-state index in [1.807, 2.05) is 6.92 Å².